The minimum atomic E-state index is -1.73. The van der Waals surface area contributed by atoms with Crippen molar-refractivity contribution in [1.29, 1.82) is 0 Å². The smallest absolute Gasteiger partial charge is 0.192 e. The lowest BCUT2D eigenvalue weighted by Gasteiger charge is -2.62. The lowest BCUT2D eigenvalue weighted by atomic mass is 9.43. The Hall–Kier alpha value is -0.0931. The molecule has 1 aromatic rings. The van der Waals surface area contributed by atoms with Crippen LogP contribution in [0, 0.1) is 11.3 Å². The number of pyridine rings is 1. The molecule has 4 rings (SSSR count). The molecule has 0 amide bonds. The fourth-order valence-electron chi connectivity index (χ4n) is 4.92. The quantitative estimate of drug-likeness (QED) is 0.381. The number of aromatic nitrogens is 1. The lowest BCUT2D eigenvalue weighted by molar-refractivity contribution is -0.114. The first kappa shape index (κ1) is 19.7. The summed E-state index contributed by atoms with van der Waals surface area (Å²) in [6, 6.07) is 3.42. The zero-order chi connectivity index (χ0) is 18.1. The van der Waals surface area contributed by atoms with Gasteiger partial charge in [0.15, 0.2) is 8.32 Å². The Kier molecular flexibility index (Phi) is 6.20. The van der Waals surface area contributed by atoms with Crippen LogP contribution in [0.2, 0.25) is 28.2 Å². The van der Waals surface area contributed by atoms with E-state index in [0.29, 0.717) is 15.5 Å². The molecular weight excluding hydrogens is 369 g/mol. The molecule has 3 aliphatic rings. The average Bonchev–Trinajstić information content (AvgIpc) is 2.53. The van der Waals surface area contributed by atoms with Gasteiger partial charge < -0.3 is 4.43 Å². The van der Waals surface area contributed by atoms with Crippen molar-refractivity contribution >= 4 is 31.5 Å². The Balaban J connectivity index is 1.74. The molecule has 2 nitrogen and oxygen atoms in total. The van der Waals surface area contributed by atoms with Crippen LogP contribution in [0.5, 0.6) is 0 Å². The largest absolute Gasteiger partial charge is 0.410 e. The third-order valence-corrected chi connectivity index (χ3v) is 12.1. The van der Waals surface area contributed by atoms with Crippen LogP contribution in [0.25, 0.3) is 0 Å². The lowest BCUT2D eigenvalue weighted by Crippen LogP contribution is -2.51. The topological polar surface area (TPSA) is 22.1 Å². The van der Waals surface area contributed by atoms with E-state index in [9.17, 15) is 0 Å². The number of rotatable bonds is 10. The SMILES string of the molecule is CC[Si](CC)(CC)OC(CCCC12CC(C1)C2)c1c(Cl)cncc1Cl. The number of hydrogen-bond acceptors (Lipinski definition) is 2. The standard InChI is InChI=1S/C20H31Cl2NOSi/c1-4-25(5-2,6-3)24-18(19-16(21)13-23-14-17(19)22)8-7-9-20-10-15(11-20)12-20/h13-15,18H,4-12H2,1-3H3. The van der Waals surface area contributed by atoms with Gasteiger partial charge in [-0.05, 0) is 61.6 Å². The van der Waals surface area contributed by atoms with E-state index < -0.39 is 8.32 Å². The molecule has 3 aliphatic carbocycles. The van der Waals surface area contributed by atoms with Crippen molar-refractivity contribution in [2.24, 2.45) is 11.3 Å². The third kappa shape index (κ3) is 3.95. The monoisotopic (exact) mass is 399 g/mol. The second-order valence-electron chi connectivity index (χ2n) is 8.24. The predicted molar refractivity (Wildman–Crippen MR) is 109 cm³/mol. The Morgan fingerprint density at radius 2 is 1.68 bits per heavy atom. The van der Waals surface area contributed by atoms with E-state index in [2.05, 4.69) is 25.8 Å². The second kappa shape index (κ2) is 7.88. The van der Waals surface area contributed by atoms with Crippen molar-refractivity contribution < 1.29 is 4.43 Å². The van der Waals surface area contributed by atoms with Crippen molar-refractivity contribution in [3.05, 3.63) is 28.0 Å². The molecule has 0 N–H and O–H groups in total. The molecule has 1 atom stereocenters. The Labute approximate surface area is 163 Å². The fourth-order valence-corrected chi connectivity index (χ4v) is 8.37. The van der Waals surface area contributed by atoms with Gasteiger partial charge in [0, 0.05) is 18.0 Å². The van der Waals surface area contributed by atoms with E-state index in [0.717, 1.165) is 36.0 Å². The minimum Gasteiger partial charge on any atom is -0.410 e. The van der Waals surface area contributed by atoms with Gasteiger partial charge in [0.2, 0.25) is 0 Å². The summed E-state index contributed by atoms with van der Waals surface area (Å²) >= 11 is 13.0. The molecule has 1 heterocycles. The molecule has 1 unspecified atom stereocenters. The van der Waals surface area contributed by atoms with Crippen LogP contribution < -0.4 is 0 Å². The number of halogens is 2. The van der Waals surface area contributed by atoms with Gasteiger partial charge in [-0.1, -0.05) is 50.4 Å². The highest BCUT2D eigenvalue weighted by atomic mass is 35.5. The molecule has 3 saturated carbocycles. The first-order valence-electron chi connectivity index (χ1n) is 9.93. The summed E-state index contributed by atoms with van der Waals surface area (Å²) in [5, 5.41) is 1.29. The number of nitrogens with zero attached hydrogens (tertiary/aromatic N) is 1. The maximum Gasteiger partial charge on any atom is 0.192 e. The molecule has 0 saturated heterocycles. The molecular formula is C20H31Cl2NOSi. The molecule has 0 spiro atoms. The van der Waals surface area contributed by atoms with Crippen LogP contribution in [0.15, 0.2) is 12.4 Å². The third-order valence-electron chi connectivity index (χ3n) is 6.88. The van der Waals surface area contributed by atoms with E-state index in [4.69, 9.17) is 27.6 Å². The van der Waals surface area contributed by atoms with Gasteiger partial charge in [-0.3, -0.25) is 4.98 Å². The number of hydrogen-bond donors (Lipinski definition) is 0. The van der Waals surface area contributed by atoms with Crippen molar-refractivity contribution in [3.8, 4) is 0 Å². The van der Waals surface area contributed by atoms with E-state index in [1.54, 1.807) is 12.4 Å². The normalized spacial score (nSPS) is 26.0. The first-order chi connectivity index (χ1) is 12.0. The van der Waals surface area contributed by atoms with Crippen molar-refractivity contribution in [2.45, 2.75) is 83.5 Å². The zero-order valence-electron chi connectivity index (χ0n) is 15.8. The van der Waals surface area contributed by atoms with Crippen molar-refractivity contribution in [1.82, 2.24) is 4.98 Å². The van der Waals surface area contributed by atoms with Gasteiger partial charge in [-0.15, -0.1) is 0 Å². The molecule has 3 fully saturated rings. The summed E-state index contributed by atoms with van der Waals surface area (Å²) < 4.78 is 6.85. The predicted octanol–water partition coefficient (Wildman–Crippen LogP) is 7.42. The Bertz CT molecular complexity index is 560. The van der Waals surface area contributed by atoms with E-state index in [-0.39, 0.29) is 6.10 Å². The average molecular weight is 400 g/mol. The maximum absolute atomic E-state index is 6.85. The van der Waals surface area contributed by atoms with Crippen LogP contribution in [-0.2, 0) is 4.43 Å². The van der Waals surface area contributed by atoms with E-state index in [1.807, 2.05) is 0 Å². The molecule has 140 valence electrons. The molecule has 0 aromatic carbocycles. The minimum absolute atomic E-state index is 0.0156. The maximum atomic E-state index is 6.85. The second-order valence-corrected chi connectivity index (χ2v) is 13.8. The van der Waals surface area contributed by atoms with E-state index >= 15 is 0 Å². The molecule has 1 aromatic heterocycles. The van der Waals surface area contributed by atoms with Crippen LogP contribution >= 0.6 is 23.2 Å². The van der Waals surface area contributed by atoms with Crippen LogP contribution in [0.3, 0.4) is 0 Å². The summed E-state index contributed by atoms with van der Waals surface area (Å²) in [4.78, 5) is 4.12. The van der Waals surface area contributed by atoms with Crippen LogP contribution in [0.4, 0.5) is 0 Å². The molecule has 25 heavy (non-hydrogen) atoms. The van der Waals surface area contributed by atoms with Crippen LogP contribution in [-0.4, -0.2) is 13.3 Å². The Morgan fingerprint density at radius 1 is 1.12 bits per heavy atom. The molecule has 5 heteroatoms. The molecule has 0 radical (unpaired) electrons. The van der Waals surface area contributed by atoms with Gasteiger partial charge in [0.1, 0.15) is 0 Å². The first-order valence-corrected chi connectivity index (χ1v) is 13.2. The summed E-state index contributed by atoms with van der Waals surface area (Å²) in [7, 11) is -1.73. The highest BCUT2D eigenvalue weighted by molar-refractivity contribution is 6.73. The summed E-state index contributed by atoms with van der Waals surface area (Å²) in [5.41, 5.74) is 1.65. The summed E-state index contributed by atoms with van der Waals surface area (Å²) in [6.07, 6.45) is 11.4. The summed E-state index contributed by atoms with van der Waals surface area (Å²) in [5.74, 6) is 1.05. The van der Waals surface area contributed by atoms with Crippen molar-refractivity contribution in [3.63, 3.8) is 0 Å². The highest BCUT2D eigenvalue weighted by Crippen LogP contribution is 2.66. The molecule has 0 aliphatic heterocycles. The van der Waals surface area contributed by atoms with Crippen molar-refractivity contribution in [2.75, 3.05) is 0 Å². The Morgan fingerprint density at radius 3 is 2.12 bits per heavy atom. The fraction of sp³-hybridized carbons (Fsp3) is 0.750. The van der Waals surface area contributed by atoms with Crippen LogP contribution in [0.1, 0.15) is 71.0 Å². The van der Waals surface area contributed by atoms with Gasteiger partial charge in [-0.2, -0.15) is 0 Å². The van der Waals surface area contributed by atoms with Gasteiger partial charge in [0.05, 0.1) is 16.1 Å². The van der Waals surface area contributed by atoms with E-state index in [1.165, 1.54) is 32.1 Å². The highest BCUT2D eigenvalue weighted by Gasteiger charge is 2.55. The summed E-state index contributed by atoms with van der Waals surface area (Å²) in [6.45, 7) is 6.82. The molecule has 2 bridgehead atoms. The van der Waals surface area contributed by atoms with Gasteiger partial charge >= 0.3 is 0 Å². The van der Waals surface area contributed by atoms with Gasteiger partial charge in [0.25, 0.3) is 0 Å². The zero-order valence-corrected chi connectivity index (χ0v) is 18.3. The van der Waals surface area contributed by atoms with Gasteiger partial charge in [-0.25, -0.2) is 0 Å².